The molecule has 0 fully saturated rings. The van der Waals surface area contributed by atoms with Crippen LogP contribution >= 0.6 is 0 Å². The van der Waals surface area contributed by atoms with Crippen LogP contribution in [-0.4, -0.2) is 4.98 Å². The minimum absolute atomic E-state index is 0.0373. The molecule has 0 aliphatic rings. The molecule has 0 aliphatic carbocycles. The van der Waals surface area contributed by atoms with Crippen molar-refractivity contribution in [3.63, 3.8) is 0 Å². The van der Waals surface area contributed by atoms with Crippen LogP contribution in [0.25, 0.3) is 0 Å². The molecule has 1 heterocycles. The first-order valence-electron chi connectivity index (χ1n) is 5.78. The molecule has 0 N–H and O–H groups in total. The van der Waals surface area contributed by atoms with Crippen LogP contribution in [0.15, 0.2) is 36.5 Å². The zero-order valence-electron chi connectivity index (χ0n) is 10.5. The lowest BCUT2D eigenvalue weighted by molar-refractivity contribution is -0.138. The van der Waals surface area contributed by atoms with E-state index in [1.807, 2.05) is 6.07 Å². The monoisotopic (exact) mass is 285 g/mol. The maximum atomic E-state index is 13.8. The Bertz CT molecular complexity index is 596. The van der Waals surface area contributed by atoms with Crippen LogP contribution in [0.1, 0.15) is 16.7 Å². The predicted molar refractivity (Wildman–Crippen MR) is 64.7 cm³/mol. The Kier molecular flexibility index (Phi) is 3.92. The van der Waals surface area contributed by atoms with Gasteiger partial charge in [-0.25, -0.2) is 9.37 Å². The van der Waals surface area contributed by atoms with E-state index in [1.165, 1.54) is 0 Å². The highest BCUT2D eigenvalue weighted by Gasteiger charge is 2.34. The SMILES string of the molecule is Cc1c(C(F)(F)F)cnc(OCc2ccccc2)c1F. The Labute approximate surface area is 113 Å². The summed E-state index contributed by atoms with van der Waals surface area (Å²) >= 11 is 0. The van der Waals surface area contributed by atoms with Gasteiger partial charge in [0.25, 0.3) is 5.88 Å². The van der Waals surface area contributed by atoms with Crippen molar-refractivity contribution in [2.45, 2.75) is 19.7 Å². The number of hydrogen-bond donors (Lipinski definition) is 0. The molecule has 2 rings (SSSR count). The molecule has 0 bridgehead atoms. The molecule has 0 unspecified atom stereocenters. The topological polar surface area (TPSA) is 22.1 Å². The lowest BCUT2D eigenvalue weighted by Crippen LogP contribution is -2.11. The van der Waals surface area contributed by atoms with Gasteiger partial charge in [0.05, 0.1) is 5.56 Å². The highest BCUT2D eigenvalue weighted by Crippen LogP contribution is 2.34. The van der Waals surface area contributed by atoms with Gasteiger partial charge in [0.1, 0.15) is 6.61 Å². The van der Waals surface area contributed by atoms with Crippen LogP contribution in [0.4, 0.5) is 17.6 Å². The molecule has 0 aliphatic heterocycles. The number of ether oxygens (including phenoxy) is 1. The first-order chi connectivity index (χ1) is 9.39. The number of halogens is 4. The smallest absolute Gasteiger partial charge is 0.418 e. The first-order valence-corrected chi connectivity index (χ1v) is 5.78. The lowest BCUT2D eigenvalue weighted by Gasteiger charge is -2.13. The van der Waals surface area contributed by atoms with Crippen LogP contribution in [0, 0.1) is 12.7 Å². The van der Waals surface area contributed by atoms with Gasteiger partial charge in [0, 0.05) is 11.8 Å². The van der Waals surface area contributed by atoms with E-state index in [0.29, 0.717) is 6.20 Å². The molecule has 106 valence electrons. The van der Waals surface area contributed by atoms with Gasteiger partial charge in [-0.2, -0.15) is 13.2 Å². The average Bonchev–Trinajstić information content (AvgIpc) is 2.40. The molecule has 0 saturated carbocycles. The average molecular weight is 285 g/mol. The number of aromatic nitrogens is 1. The minimum atomic E-state index is -4.63. The summed E-state index contributed by atoms with van der Waals surface area (Å²) in [6, 6.07) is 8.88. The number of benzene rings is 1. The van der Waals surface area contributed by atoms with Crippen LogP contribution < -0.4 is 4.74 Å². The van der Waals surface area contributed by atoms with Crippen molar-refractivity contribution in [1.29, 1.82) is 0 Å². The Hall–Kier alpha value is -2.11. The van der Waals surface area contributed by atoms with E-state index in [4.69, 9.17) is 4.74 Å². The van der Waals surface area contributed by atoms with Crippen LogP contribution in [0.2, 0.25) is 0 Å². The maximum Gasteiger partial charge on any atom is 0.418 e. The number of hydrogen-bond acceptors (Lipinski definition) is 2. The van der Waals surface area contributed by atoms with E-state index in [1.54, 1.807) is 24.3 Å². The molecule has 0 atom stereocenters. The molecule has 0 radical (unpaired) electrons. The van der Waals surface area contributed by atoms with E-state index >= 15 is 0 Å². The van der Waals surface area contributed by atoms with Crippen molar-refractivity contribution < 1.29 is 22.3 Å². The fraction of sp³-hybridized carbons (Fsp3) is 0.214. The molecule has 1 aromatic heterocycles. The minimum Gasteiger partial charge on any atom is -0.471 e. The predicted octanol–water partition coefficient (Wildman–Crippen LogP) is 4.13. The van der Waals surface area contributed by atoms with Crippen molar-refractivity contribution in [2.24, 2.45) is 0 Å². The van der Waals surface area contributed by atoms with Crippen molar-refractivity contribution in [3.8, 4) is 5.88 Å². The van der Waals surface area contributed by atoms with Gasteiger partial charge in [-0.1, -0.05) is 30.3 Å². The third kappa shape index (κ3) is 3.07. The molecule has 0 saturated heterocycles. The van der Waals surface area contributed by atoms with Gasteiger partial charge in [-0.15, -0.1) is 0 Å². The molecule has 0 amide bonds. The van der Waals surface area contributed by atoms with Gasteiger partial charge in [-0.05, 0) is 12.5 Å². The van der Waals surface area contributed by atoms with Gasteiger partial charge < -0.3 is 4.74 Å². The molecule has 20 heavy (non-hydrogen) atoms. The van der Waals surface area contributed by atoms with E-state index in [0.717, 1.165) is 12.5 Å². The normalized spacial score (nSPS) is 11.4. The molecule has 2 aromatic rings. The number of nitrogens with zero attached hydrogens (tertiary/aromatic N) is 1. The molecule has 0 spiro atoms. The van der Waals surface area contributed by atoms with Crippen molar-refractivity contribution in [2.75, 3.05) is 0 Å². The highest BCUT2D eigenvalue weighted by atomic mass is 19.4. The van der Waals surface area contributed by atoms with E-state index < -0.39 is 29.0 Å². The van der Waals surface area contributed by atoms with Crippen molar-refractivity contribution in [1.82, 2.24) is 4.98 Å². The van der Waals surface area contributed by atoms with E-state index in [-0.39, 0.29) is 6.61 Å². The zero-order chi connectivity index (χ0) is 14.8. The second-order valence-corrected chi connectivity index (χ2v) is 4.19. The molecule has 2 nitrogen and oxygen atoms in total. The fourth-order valence-corrected chi connectivity index (χ4v) is 1.67. The summed E-state index contributed by atoms with van der Waals surface area (Å²) < 4.78 is 56.6. The van der Waals surface area contributed by atoms with E-state index in [2.05, 4.69) is 4.98 Å². The highest BCUT2D eigenvalue weighted by molar-refractivity contribution is 5.32. The second kappa shape index (κ2) is 5.48. The summed E-state index contributed by atoms with van der Waals surface area (Å²) in [7, 11) is 0. The summed E-state index contributed by atoms with van der Waals surface area (Å²) in [5, 5.41) is 0. The Morgan fingerprint density at radius 3 is 2.40 bits per heavy atom. The molecular formula is C14H11F4NO. The molecular weight excluding hydrogens is 274 g/mol. The van der Waals surface area contributed by atoms with Gasteiger partial charge in [-0.3, -0.25) is 0 Å². The quantitative estimate of drug-likeness (QED) is 0.791. The molecule has 6 heteroatoms. The van der Waals surface area contributed by atoms with Gasteiger partial charge in [0.2, 0.25) is 0 Å². The van der Waals surface area contributed by atoms with Crippen LogP contribution in [-0.2, 0) is 12.8 Å². The van der Waals surface area contributed by atoms with Gasteiger partial charge in [0.15, 0.2) is 5.82 Å². The first kappa shape index (κ1) is 14.3. The zero-order valence-corrected chi connectivity index (χ0v) is 10.5. The summed E-state index contributed by atoms with van der Waals surface area (Å²) in [5.41, 5.74) is -0.844. The number of rotatable bonds is 3. The number of alkyl halides is 3. The summed E-state index contributed by atoms with van der Waals surface area (Å²) in [6.45, 7) is 1.09. The van der Waals surface area contributed by atoms with Crippen LogP contribution in [0.3, 0.4) is 0 Å². The van der Waals surface area contributed by atoms with Crippen LogP contribution in [0.5, 0.6) is 5.88 Å². The Balaban J connectivity index is 2.20. The summed E-state index contributed by atoms with van der Waals surface area (Å²) in [5.74, 6) is -1.52. The largest absolute Gasteiger partial charge is 0.471 e. The summed E-state index contributed by atoms with van der Waals surface area (Å²) in [4.78, 5) is 3.40. The molecule has 1 aromatic carbocycles. The maximum absolute atomic E-state index is 13.8. The third-order valence-corrected chi connectivity index (χ3v) is 2.76. The standard InChI is InChI=1S/C14H11F4NO/c1-9-11(14(16,17)18)7-19-13(12(9)15)20-8-10-5-3-2-4-6-10/h2-7H,8H2,1H3. The van der Waals surface area contributed by atoms with E-state index in [9.17, 15) is 17.6 Å². The number of pyridine rings is 1. The Morgan fingerprint density at radius 2 is 1.80 bits per heavy atom. The second-order valence-electron chi connectivity index (χ2n) is 4.19. The third-order valence-electron chi connectivity index (χ3n) is 2.76. The van der Waals surface area contributed by atoms with Gasteiger partial charge >= 0.3 is 6.18 Å². The van der Waals surface area contributed by atoms with Crippen molar-refractivity contribution in [3.05, 3.63) is 59.0 Å². The fourth-order valence-electron chi connectivity index (χ4n) is 1.67. The summed E-state index contributed by atoms with van der Waals surface area (Å²) in [6.07, 6.45) is -4.05. The lowest BCUT2D eigenvalue weighted by atomic mass is 10.1. The Morgan fingerprint density at radius 1 is 1.15 bits per heavy atom. The van der Waals surface area contributed by atoms with Crippen molar-refractivity contribution >= 4 is 0 Å².